The van der Waals surface area contributed by atoms with E-state index in [-0.39, 0.29) is 29.1 Å². The second-order valence-electron chi connectivity index (χ2n) is 6.87. The van der Waals surface area contributed by atoms with Gasteiger partial charge in [0.1, 0.15) is 11.9 Å². The number of nitrogens with zero attached hydrogens (tertiary/aromatic N) is 3. The lowest BCUT2D eigenvalue weighted by Gasteiger charge is -2.25. The topological polar surface area (TPSA) is 123 Å². The molecule has 1 aliphatic heterocycles. The molecular formula is C22H16N4O5. The average molecular weight is 416 g/mol. The molecule has 2 aromatic carbocycles. The Hall–Kier alpha value is -4.40. The minimum absolute atomic E-state index is 0.0118. The van der Waals surface area contributed by atoms with Gasteiger partial charge < -0.3 is 5.32 Å². The number of imide groups is 1. The van der Waals surface area contributed by atoms with E-state index in [1.54, 1.807) is 30.3 Å². The van der Waals surface area contributed by atoms with Gasteiger partial charge in [0.05, 0.1) is 16.1 Å². The molecule has 4 rings (SSSR count). The van der Waals surface area contributed by atoms with Crippen LogP contribution < -0.4 is 5.32 Å². The van der Waals surface area contributed by atoms with Gasteiger partial charge in [0.15, 0.2) is 0 Å². The third kappa shape index (κ3) is 3.88. The molecule has 0 aliphatic carbocycles. The smallest absolute Gasteiger partial charge is 0.269 e. The number of pyridine rings is 1. The second kappa shape index (κ2) is 8.15. The van der Waals surface area contributed by atoms with E-state index in [1.165, 1.54) is 42.6 Å². The fourth-order valence-electron chi connectivity index (χ4n) is 3.42. The quantitative estimate of drug-likeness (QED) is 0.374. The lowest BCUT2D eigenvalue weighted by molar-refractivity contribution is -0.384. The minimum Gasteiger partial charge on any atom is -0.309 e. The number of nitro benzene ring substituents is 1. The highest BCUT2D eigenvalue weighted by Crippen LogP contribution is 2.27. The second-order valence-corrected chi connectivity index (χ2v) is 6.87. The molecule has 1 aliphatic rings. The van der Waals surface area contributed by atoms with Crippen LogP contribution in [0.4, 0.5) is 11.5 Å². The molecular weight excluding hydrogens is 400 g/mol. The first-order chi connectivity index (χ1) is 15.0. The molecule has 0 spiro atoms. The first-order valence-corrected chi connectivity index (χ1v) is 9.38. The summed E-state index contributed by atoms with van der Waals surface area (Å²) in [6, 6.07) is 15.8. The van der Waals surface area contributed by atoms with Crippen LogP contribution in [0.25, 0.3) is 0 Å². The average Bonchev–Trinajstić information content (AvgIpc) is 3.03. The summed E-state index contributed by atoms with van der Waals surface area (Å²) >= 11 is 0. The summed E-state index contributed by atoms with van der Waals surface area (Å²) in [5, 5.41) is 13.5. The summed E-state index contributed by atoms with van der Waals surface area (Å²) in [6.07, 6.45) is 1.49. The number of benzene rings is 2. The van der Waals surface area contributed by atoms with Crippen molar-refractivity contribution in [3.8, 4) is 0 Å². The van der Waals surface area contributed by atoms with Gasteiger partial charge in [-0.1, -0.05) is 30.3 Å². The summed E-state index contributed by atoms with van der Waals surface area (Å²) in [5.74, 6) is -1.45. The molecule has 0 radical (unpaired) electrons. The zero-order valence-electron chi connectivity index (χ0n) is 16.1. The monoisotopic (exact) mass is 416 g/mol. The lowest BCUT2D eigenvalue weighted by atomic mass is 10.0. The van der Waals surface area contributed by atoms with Crippen LogP contribution in [0.1, 0.15) is 26.3 Å². The molecule has 3 amide bonds. The van der Waals surface area contributed by atoms with Crippen LogP contribution in [0, 0.1) is 10.1 Å². The lowest BCUT2D eigenvalue weighted by Crippen LogP contribution is -2.48. The van der Waals surface area contributed by atoms with Crippen molar-refractivity contribution in [2.24, 2.45) is 0 Å². The van der Waals surface area contributed by atoms with Crippen molar-refractivity contribution < 1.29 is 19.3 Å². The highest BCUT2D eigenvalue weighted by Gasteiger charge is 2.42. The Balaban J connectivity index is 1.67. The van der Waals surface area contributed by atoms with E-state index in [2.05, 4.69) is 10.3 Å². The maximum Gasteiger partial charge on any atom is 0.269 e. The van der Waals surface area contributed by atoms with Crippen LogP contribution in [0.3, 0.4) is 0 Å². The molecule has 1 N–H and O–H groups in total. The number of amides is 3. The minimum atomic E-state index is -1.17. The van der Waals surface area contributed by atoms with E-state index in [4.69, 9.17) is 0 Å². The standard InChI is InChI=1S/C22H16N4O5/c27-20(24-19-7-3-4-12-23-19)18(13-14-8-10-15(11-9-14)26(30)31)25-21(28)16-5-1-2-6-17(16)22(25)29/h1-12,18H,13H2,(H,23,24,27). The molecule has 31 heavy (non-hydrogen) atoms. The molecule has 2 heterocycles. The van der Waals surface area contributed by atoms with Crippen molar-refractivity contribution in [2.45, 2.75) is 12.5 Å². The highest BCUT2D eigenvalue weighted by atomic mass is 16.6. The molecule has 0 fully saturated rings. The molecule has 154 valence electrons. The van der Waals surface area contributed by atoms with Gasteiger partial charge in [0.25, 0.3) is 17.5 Å². The SMILES string of the molecule is O=C(Nc1ccccn1)C(Cc1ccc([N+](=O)[O-])cc1)N1C(=O)c2ccccc2C1=O. The summed E-state index contributed by atoms with van der Waals surface area (Å²) in [6.45, 7) is 0. The van der Waals surface area contributed by atoms with Crippen molar-refractivity contribution in [1.29, 1.82) is 0 Å². The third-order valence-electron chi connectivity index (χ3n) is 4.93. The van der Waals surface area contributed by atoms with Gasteiger partial charge in [0.2, 0.25) is 5.91 Å². The van der Waals surface area contributed by atoms with E-state index in [0.717, 1.165) is 4.90 Å². The molecule has 0 saturated carbocycles. The molecule has 1 unspecified atom stereocenters. The molecule has 1 atom stereocenters. The highest BCUT2D eigenvalue weighted by molar-refractivity contribution is 6.23. The van der Waals surface area contributed by atoms with E-state index >= 15 is 0 Å². The van der Waals surface area contributed by atoms with E-state index in [9.17, 15) is 24.5 Å². The Kier molecular flexibility index (Phi) is 5.23. The first kappa shape index (κ1) is 19.9. The molecule has 1 aromatic heterocycles. The number of hydrogen-bond acceptors (Lipinski definition) is 6. The Bertz CT molecular complexity index is 1140. The molecule has 0 saturated heterocycles. The maximum absolute atomic E-state index is 13.1. The third-order valence-corrected chi connectivity index (χ3v) is 4.93. The number of hydrogen-bond donors (Lipinski definition) is 1. The Morgan fingerprint density at radius 1 is 0.968 bits per heavy atom. The fraction of sp³-hybridized carbons (Fsp3) is 0.0909. The van der Waals surface area contributed by atoms with Crippen molar-refractivity contribution in [3.05, 3.63) is 99.7 Å². The van der Waals surface area contributed by atoms with Crippen LogP contribution in [-0.4, -0.2) is 38.6 Å². The summed E-state index contributed by atoms with van der Waals surface area (Å²) in [7, 11) is 0. The van der Waals surface area contributed by atoms with Gasteiger partial charge >= 0.3 is 0 Å². The number of fused-ring (bicyclic) bond motifs is 1. The van der Waals surface area contributed by atoms with Crippen molar-refractivity contribution >= 4 is 29.2 Å². The molecule has 3 aromatic rings. The molecule has 0 bridgehead atoms. The number of rotatable bonds is 6. The van der Waals surface area contributed by atoms with Crippen molar-refractivity contribution in [3.63, 3.8) is 0 Å². The number of anilines is 1. The largest absolute Gasteiger partial charge is 0.309 e. The van der Waals surface area contributed by atoms with Crippen LogP contribution in [0.15, 0.2) is 72.9 Å². The van der Waals surface area contributed by atoms with Gasteiger partial charge in [-0.25, -0.2) is 4.98 Å². The predicted molar refractivity (Wildman–Crippen MR) is 110 cm³/mol. The van der Waals surface area contributed by atoms with E-state index in [0.29, 0.717) is 5.56 Å². The van der Waals surface area contributed by atoms with Crippen LogP contribution in [-0.2, 0) is 11.2 Å². The maximum atomic E-state index is 13.1. The van der Waals surface area contributed by atoms with E-state index < -0.39 is 28.7 Å². The first-order valence-electron chi connectivity index (χ1n) is 9.38. The Morgan fingerprint density at radius 3 is 2.13 bits per heavy atom. The summed E-state index contributed by atoms with van der Waals surface area (Å²) in [4.78, 5) is 54.4. The number of aromatic nitrogens is 1. The number of carbonyl (C=O) groups is 3. The predicted octanol–water partition coefficient (Wildman–Crippen LogP) is 2.84. The summed E-state index contributed by atoms with van der Waals surface area (Å²) in [5.41, 5.74) is 0.918. The van der Waals surface area contributed by atoms with Crippen LogP contribution in [0.2, 0.25) is 0 Å². The van der Waals surface area contributed by atoms with Gasteiger partial charge in [0, 0.05) is 24.8 Å². The number of non-ortho nitro benzene ring substituents is 1. The number of nitrogens with one attached hydrogen (secondary N) is 1. The van der Waals surface area contributed by atoms with Gasteiger partial charge in [-0.2, -0.15) is 0 Å². The van der Waals surface area contributed by atoms with Gasteiger partial charge in [-0.05, 0) is 29.8 Å². The Labute approximate surface area is 176 Å². The van der Waals surface area contributed by atoms with Crippen LogP contribution >= 0.6 is 0 Å². The normalized spacial score (nSPS) is 13.6. The zero-order chi connectivity index (χ0) is 22.0. The van der Waals surface area contributed by atoms with E-state index in [1.807, 2.05) is 0 Å². The molecule has 9 heteroatoms. The van der Waals surface area contributed by atoms with Gasteiger partial charge in [-0.15, -0.1) is 0 Å². The van der Waals surface area contributed by atoms with Crippen molar-refractivity contribution in [2.75, 3.05) is 5.32 Å². The number of nitro groups is 1. The number of carbonyl (C=O) groups excluding carboxylic acids is 3. The fourth-order valence-corrected chi connectivity index (χ4v) is 3.42. The summed E-state index contributed by atoms with van der Waals surface area (Å²) < 4.78 is 0. The Morgan fingerprint density at radius 2 is 1.58 bits per heavy atom. The van der Waals surface area contributed by atoms with Crippen molar-refractivity contribution in [1.82, 2.24) is 9.88 Å². The van der Waals surface area contributed by atoms with Crippen LogP contribution in [0.5, 0.6) is 0 Å². The zero-order valence-corrected chi connectivity index (χ0v) is 16.1. The molecule has 9 nitrogen and oxygen atoms in total. The van der Waals surface area contributed by atoms with Gasteiger partial charge in [-0.3, -0.25) is 29.4 Å².